The fraction of sp³-hybridized carbons (Fsp3) is 0.481. The number of nitrogens with zero attached hydrogens (tertiary/aromatic N) is 1. The summed E-state index contributed by atoms with van der Waals surface area (Å²) in [5.41, 5.74) is 4.06. The normalized spacial score (nSPS) is 15.2. The average Bonchev–Trinajstić information content (AvgIpc) is 2.78. The molecule has 0 saturated heterocycles. The van der Waals surface area contributed by atoms with Gasteiger partial charge in [-0.25, -0.2) is 0 Å². The molecule has 0 aromatic heterocycles. The first kappa shape index (κ1) is 24.3. The van der Waals surface area contributed by atoms with Crippen molar-refractivity contribution < 1.29 is 9.59 Å². The number of hydrogen-bond acceptors (Lipinski definition) is 2. The third kappa shape index (κ3) is 6.35. The fourth-order valence-electron chi connectivity index (χ4n) is 4.53. The Balaban J connectivity index is 1.85. The second-order valence-corrected chi connectivity index (χ2v) is 9.39. The summed E-state index contributed by atoms with van der Waals surface area (Å²) in [4.78, 5) is 28.6. The van der Waals surface area contributed by atoms with E-state index in [0.29, 0.717) is 18.0 Å². The second kappa shape index (κ2) is 11.5. The van der Waals surface area contributed by atoms with E-state index in [0.717, 1.165) is 47.9 Å². The first-order chi connectivity index (χ1) is 15.4. The zero-order chi connectivity index (χ0) is 23.1. The number of amides is 2. The van der Waals surface area contributed by atoms with Crippen LogP contribution in [0.1, 0.15) is 67.7 Å². The number of carbonyl (C=O) groups excluding carboxylic acids is 2. The molecule has 1 aliphatic carbocycles. The predicted molar refractivity (Wildman–Crippen MR) is 131 cm³/mol. The Bertz CT molecular complexity index is 937. The van der Waals surface area contributed by atoms with E-state index in [1.807, 2.05) is 51.1 Å². The van der Waals surface area contributed by atoms with Gasteiger partial charge in [0.25, 0.3) is 0 Å². The number of rotatable bonds is 8. The van der Waals surface area contributed by atoms with Gasteiger partial charge >= 0.3 is 0 Å². The number of benzene rings is 2. The lowest BCUT2D eigenvalue weighted by molar-refractivity contribution is -0.141. The molecule has 2 aromatic carbocycles. The molecule has 4 nitrogen and oxygen atoms in total. The third-order valence-electron chi connectivity index (χ3n) is 6.48. The minimum atomic E-state index is -0.522. The highest BCUT2D eigenvalue weighted by Gasteiger charge is 2.30. The van der Waals surface area contributed by atoms with Crippen LogP contribution in [0.2, 0.25) is 5.02 Å². The molecule has 0 aliphatic heterocycles. The maximum Gasteiger partial charge on any atom is 0.243 e. The standard InChI is InChI=1S/C27H35ClN2O2/c1-4-25(27(32)29-23-11-6-5-7-12-23)30(18-21-10-8-9-13-24(21)28)26(31)17-22-16-19(2)14-15-20(22)3/h8-10,13-16,23,25H,4-7,11-12,17-18H2,1-3H3,(H,29,32). The molecule has 5 heteroatoms. The summed E-state index contributed by atoms with van der Waals surface area (Å²) in [5.74, 6) is -0.106. The first-order valence-corrected chi connectivity index (χ1v) is 12.2. The Morgan fingerprint density at radius 2 is 1.78 bits per heavy atom. The van der Waals surface area contributed by atoms with Crippen molar-refractivity contribution in [2.75, 3.05) is 0 Å². The van der Waals surface area contributed by atoms with E-state index in [1.54, 1.807) is 4.90 Å². The lowest BCUT2D eigenvalue weighted by Gasteiger charge is -2.33. The van der Waals surface area contributed by atoms with Crippen LogP contribution in [0.15, 0.2) is 42.5 Å². The summed E-state index contributed by atoms with van der Waals surface area (Å²) in [7, 11) is 0. The molecule has 1 aliphatic rings. The minimum absolute atomic E-state index is 0.0516. The van der Waals surface area contributed by atoms with Crippen LogP contribution in [0.25, 0.3) is 0 Å². The second-order valence-electron chi connectivity index (χ2n) is 8.99. The summed E-state index contributed by atoms with van der Waals surface area (Å²) in [6.07, 6.45) is 6.39. The van der Waals surface area contributed by atoms with Crippen LogP contribution in [0.5, 0.6) is 0 Å². The van der Waals surface area contributed by atoms with E-state index < -0.39 is 6.04 Å². The van der Waals surface area contributed by atoms with Gasteiger partial charge in [0.2, 0.25) is 11.8 Å². The number of aryl methyl sites for hydroxylation is 2. The summed E-state index contributed by atoms with van der Waals surface area (Å²) in [5, 5.41) is 3.83. The molecule has 0 heterocycles. The van der Waals surface area contributed by atoms with Crippen molar-refractivity contribution in [1.82, 2.24) is 10.2 Å². The van der Waals surface area contributed by atoms with Crippen LogP contribution in [0.3, 0.4) is 0 Å². The monoisotopic (exact) mass is 454 g/mol. The molecule has 1 fully saturated rings. The molecular formula is C27H35ClN2O2. The van der Waals surface area contributed by atoms with E-state index >= 15 is 0 Å². The Morgan fingerprint density at radius 3 is 2.47 bits per heavy atom. The number of carbonyl (C=O) groups is 2. The van der Waals surface area contributed by atoms with E-state index in [1.165, 1.54) is 6.42 Å². The maximum atomic E-state index is 13.6. The average molecular weight is 455 g/mol. The summed E-state index contributed by atoms with van der Waals surface area (Å²) >= 11 is 6.42. The van der Waals surface area contributed by atoms with Crippen LogP contribution >= 0.6 is 11.6 Å². The highest BCUT2D eigenvalue weighted by atomic mass is 35.5. The van der Waals surface area contributed by atoms with E-state index in [-0.39, 0.29) is 24.3 Å². The highest BCUT2D eigenvalue weighted by molar-refractivity contribution is 6.31. The van der Waals surface area contributed by atoms with Gasteiger partial charge in [0.15, 0.2) is 0 Å². The quantitative estimate of drug-likeness (QED) is 0.551. The third-order valence-corrected chi connectivity index (χ3v) is 6.85. The predicted octanol–water partition coefficient (Wildman–Crippen LogP) is 5.76. The molecule has 1 atom stereocenters. The molecule has 2 aromatic rings. The SMILES string of the molecule is CCC(C(=O)NC1CCCCC1)N(Cc1ccccc1Cl)C(=O)Cc1cc(C)ccc1C. The number of hydrogen-bond donors (Lipinski definition) is 1. The van der Waals surface area contributed by atoms with Crippen molar-refractivity contribution in [1.29, 1.82) is 0 Å². The zero-order valence-electron chi connectivity index (χ0n) is 19.5. The highest BCUT2D eigenvalue weighted by Crippen LogP contribution is 2.23. The molecule has 0 radical (unpaired) electrons. The van der Waals surface area contributed by atoms with Gasteiger partial charge in [0, 0.05) is 17.6 Å². The fourth-order valence-corrected chi connectivity index (χ4v) is 4.72. The summed E-state index contributed by atoms with van der Waals surface area (Å²) < 4.78 is 0. The van der Waals surface area contributed by atoms with E-state index in [2.05, 4.69) is 17.4 Å². The Hall–Kier alpha value is -2.33. The Kier molecular flexibility index (Phi) is 8.75. The Labute approximate surface area is 197 Å². The first-order valence-electron chi connectivity index (χ1n) is 11.8. The smallest absolute Gasteiger partial charge is 0.243 e. The van der Waals surface area contributed by atoms with Gasteiger partial charge in [-0.05, 0) is 55.9 Å². The van der Waals surface area contributed by atoms with Gasteiger partial charge in [-0.3, -0.25) is 9.59 Å². The van der Waals surface area contributed by atoms with Crippen molar-refractivity contribution in [2.45, 2.75) is 84.3 Å². The topological polar surface area (TPSA) is 49.4 Å². The van der Waals surface area contributed by atoms with Gasteiger partial charge in [0.1, 0.15) is 6.04 Å². The number of halogens is 1. The molecule has 32 heavy (non-hydrogen) atoms. The lowest BCUT2D eigenvalue weighted by Crippen LogP contribution is -2.52. The van der Waals surface area contributed by atoms with Gasteiger partial charge in [0.05, 0.1) is 6.42 Å². The molecule has 3 rings (SSSR count). The molecule has 1 unspecified atom stereocenters. The van der Waals surface area contributed by atoms with E-state index in [4.69, 9.17) is 11.6 Å². The van der Waals surface area contributed by atoms with Crippen LogP contribution < -0.4 is 5.32 Å². The minimum Gasteiger partial charge on any atom is -0.352 e. The molecular weight excluding hydrogens is 420 g/mol. The van der Waals surface area contributed by atoms with Crippen molar-refractivity contribution >= 4 is 23.4 Å². The zero-order valence-corrected chi connectivity index (χ0v) is 20.3. The lowest BCUT2D eigenvalue weighted by atomic mass is 9.95. The molecule has 0 bridgehead atoms. The van der Waals surface area contributed by atoms with E-state index in [9.17, 15) is 9.59 Å². The van der Waals surface area contributed by atoms with Crippen molar-refractivity contribution in [3.63, 3.8) is 0 Å². The van der Waals surface area contributed by atoms with Gasteiger partial charge in [-0.15, -0.1) is 0 Å². The van der Waals surface area contributed by atoms with Gasteiger partial charge < -0.3 is 10.2 Å². The largest absolute Gasteiger partial charge is 0.352 e. The van der Waals surface area contributed by atoms with Crippen LogP contribution in [0, 0.1) is 13.8 Å². The summed E-state index contributed by atoms with van der Waals surface area (Å²) in [6.45, 7) is 6.34. The molecule has 0 spiro atoms. The molecule has 1 N–H and O–H groups in total. The van der Waals surface area contributed by atoms with Crippen LogP contribution in [0.4, 0.5) is 0 Å². The molecule has 172 valence electrons. The van der Waals surface area contributed by atoms with Crippen LogP contribution in [-0.2, 0) is 22.6 Å². The van der Waals surface area contributed by atoms with Gasteiger partial charge in [-0.1, -0.05) is 79.7 Å². The molecule has 2 amide bonds. The van der Waals surface area contributed by atoms with Crippen molar-refractivity contribution in [3.8, 4) is 0 Å². The maximum absolute atomic E-state index is 13.6. The molecule has 1 saturated carbocycles. The van der Waals surface area contributed by atoms with Crippen LogP contribution in [-0.4, -0.2) is 28.8 Å². The Morgan fingerprint density at radius 1 is 1.06 bits per heavy atom. The number of nitrogens with one attached hydrogen (secondary N) is 1. The summed E-state index contributed by atoms with van der Waals surface area (Å²) in [6, 6.07) is 13.4. The van der Waals surface area contributed by atoms with Crippen molar-refractivity contribution in [3.05, 3.63) is 69.7 Å². The van der Waals surface area contributed by atoms with Gasteiger partial charge in [-0.2, -0.15) is 0 Å². The van der Waals surface area contributed by atoms with Crippen molar-refractivity contribution in [2.24, 2.45) is 0 Å².